The summed E-state index contributed by atoms with van der Waals surface area (Å²) in [5.74, 6) is -0.636. The fourth-order valence-electron chi connectivity index (χ4n) is 1.18. The minimum Gasteiger partial charge on any atom is -0.465 e. The van der Waals surface area contributed by atoms with Crippen LogP contribution in [0, 0.1) is 6.92 Å². The molecule has 0 saturated carbocycles. The first-order valence-electron chi connectivity index (χ1n) is 3.90. The fraction of sp³-hybridized carbons (Fsp3) is 0.222. The molecule has 76 valence electrons. The second-order valence-corrected chi connectivity index (χ2v) is 3.68. The van der Waals surface area contributed by atoms with Crippen LogP contribution in [0.2, 0.25) is 0 Å². The topological polar surface area (TPSA) is 60.4 Å². The second-order valence-electron chi connectivity index (χ2n) is 2.72. The minimum absolute atomic E-state index is 0.0364. The van der Waals surface area contributed by atoms with Crippen LogP contribution in [0.4, 0.5) is 0 Å². The van der Waals surface area contributed by atoms with E-state index < -0.39 is 16.7 Å². The Morgan fingerprint density at radius 2 is 2.00 bits per heavy atom. The van der Waals surface area contributed by atoms with Gasteiger partial charge in [-0.05, 0) is 18.6 Å². The highest BCUT2D eigenvalue weighted by atomic mass is 32.2. The van der Waals surface area contributed by atoms with Crippen LogP contribution in [0.25, 0.3) is 0 Å². The number of carbonyl (C=O) groups is 1. The summed E-state index contributed by atoms with van der Waals surface area (Å²) in [6.45, 7) is 1.63. The van der Waals surface area contributed by atoms with E-state index in [0.717, 1.165) is 0 Å². The van der Waals surface area contributed by atoms with E-state index in [2.05, 4.69) is 4.74 Å². The third kappa shape index (κ3) is 1.93. The molecule has 1 aromatic carbocycles. The number of thiol groups is 1. The van der Waals surface area contributed by atoms with Crippen molar-refractivity contribution in [3.63, 3.8) is 0 Å². The molecule has 0 aliphatic carbocycles. The maximum absolute atomic E-state index is 11.2. The van der Waals surface area contributed by atoms with Crippen LogP contribution in [-0.2, 0) is 15.4 Å². The van der Waals surface area contributed by atoms with E-state index in [4.69, 9.17) is 0 Å². The van der Waals surface area contributed by atoms with Crippen molar-refractivity contribution in [2.24, 2.45) is 0 Å². The lowest BCUT2D eigenvalue weighted by atomic mass is 10.1. The highest BCUT2D eigenvalue weighted by Gasteiger charge is 2.14. The predicted octanol–water partition coefficient (Wildman–Crippen LogP) is 0.752. The van der Waals surface area contributed by atoms with Gasteiger partial charge in [0.25, 0.3) is 0 Å². The molecular weight excluding hydrogens is 204 g/mol. The molecule has 0 bridgehead atoms. The Labute approximate surface area is 83.5 Å². The van der Waals surface area contributed by atoms with Crippen molar-refractivity contribution in [1.82, 2.24) is 0 Å². The summed E-state index contributed by atoms with van der Waals surface area (Å²) >= 11 is 0. The fourth-order valence-corrected chi connectivity index (χ4v) is 1.90. The van der Waals surface area contributed by atoms with E-state index in [1.54, 1.807) is 19.1 Å². The van der Waals surface area contributed by atoms with E-state index in [0.29, 0.717) is 5.56 Å². The molecule has 0 aliphatic heterocycles. The Balaban J connectivity index is 3.43. The first-order chi connectivity index (χ1) is 6.57. The van der Waals surface area contributed by atoms with Crippen LogP contribution in [0.3, 0.4) is 0 Å². The average Bonchev–Trinajstić information content (AvgIpc) is 2.15. The van der Waals surface area contributed by atoms with Gasteiger partial charge in [-0.3, -0.25) is 0 Å². The van der Waals surface area contributed by atoms with Crippen LogP contribution in [-0.4, -0.2) is 21.5 Å². The first kappa shape index (κ1) is 10.7. The van der Waals surface area contributed by atoms with Crippen molar-refractivity contribution in [3.8, 4) is 0 Å². The number of esters is 1. The molecule has 0 aromatic heterocycles. The molecule has 0 N–H and O–H groups in total. The van der Waals surface area contributed by atoms with E-state index >= 15 is 0 Å². The third-order valence-corrected chi connectivity index (χ3v) is 2.78. The molecule has 14 heavy (non-hydrogen) atoms. The number of hydrogen-bond donors (Lipinski definition) is 1. The third-order valence-electron chi connectivity index (χ3n) is 1.83. The van der Waals surface area contributed by atoms with Gasteiger partial charge in [-0.2, -0.15) is 0 Å². The lowest BCUT2D eigenvalue weighted by molar-refractivity contribution is 0.0596. The van der Waals surface area contributed by atoms with Gasteiger partial charge in [0, 0.05) is 0 Å². The number of ether oxygens (including phenoxy) is 1. The summed E-state index contributed by atoms with van der Waals surface area (Å²) in [4.78, 5) is 11.2. The second kappa shape index (κ2) is 4.23. The zero-order valence-corrected chi connectivity index (χ0v) is 8.71. The highest BCUT2D eigenvalue weighted by molar-refractivity contribution is 7.72. The van der Waals surface area contributed by atoms with Gasteiger partial charge in [-0.15, -0.1) is 0 Å². The molecule has 0 radical (unpaired) electrons. The number of hydrogen-bond acceptors (Lipinski definition) is 4. The van der Waals surface area contributed by atoms with Crippen molar-refractivity contribution < 1.29 is 17.9 Å². The SMILES string of the molecule is COC(=O)c1cccc(C)c1[SH](=O)=O. The van der Waals surface area contributed by atoms with Crippen molar-refractivity contribution in [3.05, 3.63) is 29.3 Å². The van der Waals surface area contributed by atoms with Crippen molar-refractivity contribution >= 4 is 16.7 Å². The molecule has 0 spiro atoms. The molecule has 1 rings (SSSR count). The van der Waals surface area contributed by atoms with Gasteiger partial charge >= 0.3 is 5.97 Å². The first-order valence-corrected chi connectivity index (χ1v) is 5.08. The van der Waals surface area contributed by atoms with Gasteiger partial charge < -0.3 is 4.74 Å². The van der Waals surface area contributed by atoms with Crippen molar-refractivity contribution in [1.29, 1.82) is 0 Å². The number of aryl methyl sites for hydroxylation is 1. The monoisotopic (exact) mass is 214 g/mol. The molecule has 0 saturated heterocycles. The zero-order valence-electron chi connectivity index (χ0n) is 7.81. The Kier molecular flexibility index (Phi) is 3.24. The normalized spacial score (nSPS) is 10.2. The van der Waals surface area contributed by atoms with Gasteiger partial charge in [-0.1, -0.05) is 12.1 Å². The van der Waals surface area contributed by atoms with Gasteiger partial charge in [0.1, 0.15) is 0 Å². The number of methoxy groups -OCH3 is 1. The summed E-state index contributed by atoms with van der Waals surface area (Å²) in [6, 6.07) is 4.68. The zero-order chi connectivity index (χ0) is 10.7. The minimum atomic E-state index is -2.78. The Morgan fingerprint density at radius 1 is 1.36 bits per heavy atom. The molecular formula is C9H10O4S. The predicted molar refractivity (Wildman–Crippen MR) is 51.1 cm³/mol. The Morgan fingerprint density at radius 3 is 2.50 bits per heavy atom. The molecule has 4 nitrogen and oxygen atoms in total. The summed E-state index contributed by atoms with van der Waals surface area (Å²) in [6.07, 6.45) is 0. The van der Waals surface area contributed by atoms with Crippen LogP contribution in [0.5, 0.6) is 0 Å². The lowest BCUT2D eigenvalue weighted by Gasteiger charge is -2.04. The van der Waals surface area contributed by atoms with Gasteiger partial charge in [0.15, 0.2) is 10.7 Å². The Bertz CT molecular complexity index is 426. The number of benzene rings is 1. The molecule has 0 heterocycles. The standard InChI is InChI=1S/C9H10O4S/c1-6-4-3-5-7(9(10)13-2)8(6)14(11)12/h3-5,14H,1-2H3. The summed E-state index contributed by atoms with van der Waals surface area (Å²) in [5, 5.41) is 0. The quantitative estimate of drug-likeness (QED) is 0.583. The maximum atomic E-state index is 11.2. The smallest absolute Gasteiger partial charge is 0.339 e. The van der Waals surface area contributed by atoms with Crippen molar-refractivity contribution in [2.45, 2.75) is 11.8 Å². The highest BCUT2D eigenvalue weighted by Crippen LogP contribution is 2.16. The molecule has 0 aliphatic rings. The summed E-state index contributed by atoms with van der Waals surface area (Å²) < 4.78 is 26.3. The van der Waals surface area contributed by atoms with Gasteiger partial charge in [0.2, 0.25) is 0 Å². The largest absolute Gasteiger partial charge is 0.465 e. The lowest BCUT2D eigenvalue weighted by Crippen LogP contribution is -2.06. The average molecular weight is 214 g/mol. The van der Waals surface area contributed by atoms with E-state index in [1.165, 1.54) is 13.2 Å². The van der Waals surface area contributed by atoms with Gasteiger partial charge in [-0.25, -0.2) is 13.2 Å². The maximum Gasteiger partial charge on any atom is 0.339 e. The molecule has 0 fully saturated rings. The van der Waals surface area contributed by atoms with Gasteiger partial charge in [0.05, 0.1) is 17.6 Å². The number of rotatable bonds is 2. The van der Waals surface area contributed by atoms with Crippen LogP contribution >= 0.6 is 0 Å². The molecule has 0 atom stereocenters. The number of carbonyl (C=O) groups excluding carboxylic acids is 1. The van der Waals surface area contributed by atoms with Crippen LogP contribution in [0.1, 0.15) is 15.9 Å². The van der Waals surface area contributed by atoms with Crippen LogP contribution in [0.15, 0.2) is 23.1 Å². The van der Waals surface area contributed by atoms with E-state index in [1.807, 2.05) is 0 Å². The summed E-state index contributed by atoms with van der Waals surface area (Å²) in [7, 11) is -1.56. The van der Waals surface area contributed by atoms with E-state index in [-0.39, 0.29) is 10.5 Å². The van der Waals surface area contributed by atoms with Crippen LogP contribution < -0.4 is 0 Å². The molecule has 5 heteroatoms. The van der Waals surface area contributed by atoms with Crippen molar-refractivity contribution in [2.75, 3.05) is 7.11 Å². The summed E-state index contributed by atoms with van der Waals surface area (Å²) in [5.41, 5.74) is 0.632. The molecule has 0 amide bonds. The molecule has 1 aromatic rings. The Hall–Kier alpha value is -1.36. The van der Waals surface area contributed by atoms with E-state index in [9.17, 15) is 13.2 Å². The molecule has 0 unspecified atom stereocenters.